The Morgan fingerprint density at radius 3 is 2.25 bits per heavy atom. The molecule has 128 valence electrons. The lowest BCUT2D eigenvalue weighted by atomic mass is 9.94. The first-order valence-corrected chi connectivity index (χ1v) is 8.67. The third-order valence-electron chi connectivity index (χ3n) is 3.75. The lowest BCUT2D eigenvalue weighted by Crippen LogP contribution is -2.12. The molecule has 0 aliphatic heterocycles. The van der Waals surface area contributed by atoms with Gasteiger partial charge in [0, 0.05) is 16.3 Å². The summed E-state index contributed by atoms with van der Waals surface area (Å²) in [6.07, 6.45) is 1.45. The number of carboxylic acid groups (broad SMARTS) is 1. The molecule has 1 aromatic carbocycles. The van der Waals surface area contributed by atoms with Crippen molar-refractivity contribution < 1.29 is 9.90 Å². The van der Waals surface area contributed by atoms with Gasteiger partial charge in [0.25, 0.3) is 0 Å². The van der Waals surface area contributed by atoms with Crippen molar-refractivity contribution in [1.29, 1.82) is 0 Å². The second-order valence-corrected chi connectivity index (χ2v) is 7.42. The molecule has 0 aliphatic carbocycles. The van der Waals surface area contributed by atoms with Gasteiger partial charge in [-0.15, -0.1) is 0 Å². The molecule has 2 rings (SSSR count). The Balaban J connectivity index is 2.66. The molecule has 0 bridgehead atoms. The number of aromatic nitrogens is 1. The van der Waals surface area contributed by atoms with E-state index in [1.807, 2.05) is 24.3 Å². The molecule has 2 aromatic rings. The molecule has 1 aromatic heterocycles. The van der Waals surface area contributed by atoms with E-state index in [0.717, 1.165) is 23.2 Å². The first kappa shape index (κ1) is 18.5. The maximum atomic E-state index is 11.7. The summed E-state index contributed by atoms with van der Waals surface area (Å²) in [6.45, 7) is 8.41. The van der Waals surface area contributed by atoms with Crippen LogP contribution in [0.15, 0.2) is 30.3 Å². The quantitative estimate of drug-likeness (QED) is 0.752. The van der Waals surface area contributed by atoms with Crippen LogP contribution >= 0.6 is 11.6 Å². The zero-order valence-electron chi connectivity index (χ0n) is 14.6. The van der Waals surface area contributed by atoms with Crippen LogP contribution in [-0.4, -0.2) is 16.1 Å². The van der Waals surface area contributed by atoms with E-state index >= 15 is 0 Å². The molecule has 0 fully saturated rings. The first-order chi connectivity index (χ1) is 11.3. The predicted molar refractivity (Wildman–Crippen MR) is 98.7 cm³/mol. The highest BCUT2D eigenvalue weighted by atomic mass is 35.5. The van der Waals surface area contributed by atoms with E-state index in [1.165, 1.54) is 0 Å². The highest BCUT2D eigenvalue weighted by Gasteiger charge is 2.19. The number of carbonyl (C=O) groups is 1. The second kappa shape index (κ2) is 7.80. The number of hydrogen-bond donors (Lipinski definition) is 1. The van der Waals surface area contributed by atoms with Gasteiger partial charge < -0.3 is 5.11 Å². The van der Waals surface area contributed by atoms with Gasteiger partial charge in [-0.25, -0.2) is 4.79 Å². The maximum Gasteiger partial charge on any atom is 0.337 e. The topological polar surface area (TPSA) is 50.2 Å². The smallest absolute Gasteiger partial charge is 0.337 e. The largest absolute Gasteiger partial charge is 0.478 e. The van der Waals surface area contributed by atoms with Gasteiger partial charge in [0.2, 0.25) is 0 Å². The molecule has 24 heavy (non-hydrogen) atoms. The predicted octanol–water partition coefficient (Wildman–Crippen LogP) is 5.50. The maximum absolute atomic E-state index is 11.7. The van der Waals surface area contributed by atoms with Gasteiger partial charge in [0.1, 0.15) is 0 Å². The normalized spacial score (nSPS) is 11.3. The Morgan fingerprint density at radius 2 is 1.71 bits per heavy atom. The number of carboxylic acids is 1. The average molecular weight is 346 g/mol. The van der Waals surface area contributed by atoms with Gasteiger partial charge in [-0.1, -0.05) is 51.4 Å². The minimum absolute atomic E-state index is 0.284. The van der Waals surface area contributed by atoms with E-state index in [0.29, 0.717) is 29.0 Å². The summed E-state index contributed by atoms with van der Waals surface area (Å²) in [6, 6.07) is 9.25. The van der Waals surface area contributed by atoms with Crippen LogP contribution in [0, 0.1) is 11.8 Å². The third kappa shape index (κ3) is 4.57. The molecular weight excluding hydrogens is 322 g/mol. The summed E-state index contributed by atoms with van der Waals surface area (Å²) in [4.78, 5) is 16.5. The number of pyridine rings is 1. The van der Waals surface area contributed by atoms with Crippen LogP contribution in [0.2, 0.25) is 5.02 Å². The summed E-state index contributed by atoms with van der Waals surface area (Å²) in [7, 11) is 0. The number of halogens is 1. The molecule has 0 saturated carbocycles. The van der Waals surface area contributed by atoms with Crippen molar-refractivity contribution in [2.75, 3.05) is 0 Å². The van der Waals surface area contributed by atoms with Gasteiger partial charge in [0.15, 0.2) is 0 Å². The number of benzene rings is 1. The summed E-state index contributed by atoms with van der Waals surface area (Å²) in [5.41, 5.74) is 3.65. The average Bonchev–Trinajstić information content (AvgIpc) is 2.45. The van der Waals surface area contributed by atoms with Crippen molar-refractivity contribution in [3.8, 4) is 11.1 Å². The Kier molecular flexibility index (Phi) is 6.00. The Hall–Kier alpha value is -1.87. The lowest BCUT2D eigenvalue weighted by molar-refractivity contribution is 0.0695. The van der Waals surface area contributed by atoms with Crippen molar-refractivity contribution in [3.05, 3.63) is 52.3 Å². The summed E-state index contributed by atoms with van der Waals surface area (Å²) in [5.74, 6) is -0.157. The van der Waals surface area contributed by atoms with Crippen LogP contribution in [0.1, 0.15) is 49.4 Å². The van der Waals surface area contributed by atoms with Gasteiger partial charge in [-0.2, -0.15) is 0 Å². The summed E-state index contributed by atoms with van der Waals surface area (Å²) < 4.78 is 0. The summed E-state index contributed by atoms with van der Waals surface area (Å²) in [5, 5.41) is 10.2. The monoisotopic (exact) mass is 345 g/mol. The molecule has 4 heteroatoms. The van der Waals surface area contributed by atoms with Gasteiger partial charge in [-0.05, 0) is 48.4 Å². The molecule has 0 unspecified atom stereocenters. The molecule has 0 aliphatic rings. The van der Waals surface area contributed by atoms with Gasteiger partial charge in [0.05, 0.1) is 11.3 Å². The van der Waals surface area contributed by atoms with E-state index in [-0.39, 0.29) is 5.56 Å². The fourth-order valence-corrected chi connectivity index (χ4v) is 2.96. The molecule has 0 spiro atoms. The molecule has 1 N–H and O–H groups in total. The van der Waals surface area contributed by atoms with Gasteiger partial charge in [-0.3, -0.25) is 4.98 Å². The third-order valence-corrected chi connectivity index (χ3v) is 3.98. The molecule has 0 amide bonds. The minimum atomic E-state index is -0.933. The lowest BCUT2D eigenvalue weighted by Gasteiger charge is -2.16. The van der Waals surface area contributed by atoms with Crippen LogP contribution < -0.4 is 0 Å². The molecule has 0 saturated heterocycles. The van der Waals surface area contributed by atoms with Crippen molar-refractivity contribution in [3.63, 3.8) is 0 Å². The van der Waals surface area contributed by atoms with E-state index in [4.69, 9.17) is 16.6 Å². The fraction of sp³-hybridized carbons (Fsp3) is 0.400. The van der Waals surface area contributed by atoms with Crippen molar-refractivity contribution >= 4 is 17.6 Å². The van der Waals surface area contributed by atoms with Crippen LogP contribution in [0.25, 0.3) is 11.1 Å². The van der Waals surface area contributed by atoms with E-state index in [1.54, 1.807) is 6.07 Å². The fourth-order valence-electron chi connectivity index (χ4n) is 2.77. The van der Waals surface area contributed by atoms with Crippen LogP contribution in [0.5, 0.6) is 0 Å². The minimum Gasteiger partial charge on any atom is -0.478 e. The number of nitrogens with zero attached hydrogens (tertiary/aromatic N) is 1. The Labute approximate surface area is 148 Å². The second-order valence-electron chi connectivity index (χ2n) is 6.99. The van der Waals surface area contributed by atoms with E-state index in [9.17, 15) is 9.90 Å². The van der Waals surface area contributed by atoms with Crippen LogP contribution in [0.4, 0.5) is 0 Å². The van der Waals surface area contributed by atoms with E-state index in [2.05, 4.69) is 27.7 Å². The molecular formula is C20H24ClNO2. The number of aromatic carboxylic acids is 1. The summed E-state index contributed by atoms with van der Waals surface area (Å²) >= 11 is 6.12. The zero-order valence-corrected chi connectivity index (χ0v) is 15.4. The number of hydrogen-bond acceptors (Lipinski definition) is 2. The van der Waals surface area contributed by atoms with Crippen LogP contribution in [-0.2, 0) is 12.8 Å². The van der Waals surface area contributed by atoms with Crippen molar-refractivity contribution in [2.45, 2.75) is 40.5 Å². The van der Waals surface area contributed by atoms with E-state index < -0.39 is 5.97 Å². The SMILES string of the molecule is CC(C)Cc1nc(CC(C)C)c(-c2cccc(Cl)c2)cc1C(=O)O. The Morgan fingerprint density at radius 1 is 1.08 bits per heavy atom. The molecule has 0 radical (unpaired) electrons. The molecule has 0 atom stereocenters. The Bertz CT molecular complexity index is 738. The first-order valence-electron chi connectivity index (χ1n) is 8.30. The zero-order chi connectivity index (χ0) is 17.9. The van der Waals surface area contributed by atoms with Crippen LogP contribution in [0.3, 0.4) is 0 Å². The molecule has 3 nitrogen and oxygen atoms in total. The number of rotatable bonds is 6. The van der Waals surface area contributed by atoms with Crippen molar-refractivity contribution in [1.82, 2.24) is 4.98 Å². The molecule has 1 heterocycles. The van der Waals surface area contributed by atoms with Crippen molar-refractivity contribution in [2.24, 2.45) is 11.8 Å². The highest BCUT2D eigenvalue weighted by Crippen LogP contribution is 2.29. The highest BCUT2D eigenvalue weighted by molar-refractivity contribution is 6.30. The van der Waals surface area contributed by atoms with Gasteiger partial charge >= 0.3 is 5.97 Å². The standard InChI is InChI=1S/C20H24ClNO2/c1-12(2)8-18-16(14-6-5-7-15(21)10-14)11-17(20(23)24)19(22-18)9-13(3)4/h5-7,10-13H,8-9H2,1-4H3,(H,23,24).